The van der Waals surface area contributed by atoms with E-state index in [-0.39, 0.29) is 6.04 Å². The number of hydrogen-bond acceptors (Lipinski definition) is 4. The van der Waals surface area contributed by atoms with Crippen molar-refractivity contribution in [1.29, 1.82) is 0 Å². The third kappa shape index (κ3) is 5.38. The highest BCUT2D eigenvalue weighted by Gasteiger charge is 2.21. The molecule has 4 heteroatoms. The first-order chi connectivity index (χ1) is 25.7. The maximum atomic E-state index is 5.19. The number of aromatic nitrogens is 3. The molecule has 1 aliphatic carbocycles. The van der Waals surface area contributed by atoms with Crippen molar-refractivity contribution in [2.75, 3.05) is 0 Å². The van der Waals surface area contributed by atoms with Gasteiger partial charge in [0.25, 0.3) is 0 Å². The van der Waals surface area contributed by atoms with E-state index in [1.807, 2.05) is 24.5 Å². The van der Waals surface area contributed by atoms with Crippen LogP contribution in [0.1, 0.15) is 11.3 Å². The molecule has 8 aromatic rings. The van der Waals surface area contributed by atoms with Gasteiger partial charge in [-0.05, 0) is 87.5 Å². The van der Waals surface area contributed by atoms with E-state index in [0.29, 0.717) is 0 Å². The number of pyridine rings is 3. The van der Waals surface area contributed by atoms with Crippen LogP contribution in [0.2, 0.25) is 0 Å². The van der Waals surface area contributed by atoms with Crippen LogP contribution in [-0.2, 0) is 0 Å². The number of dihydropyridines is 1. The molecule has 1 unspecified atom stereocenters. The van der Waals surface area contributed by atoms with Gasteiger partial charge < -0.3 is 5.32 Å². The SMILES string of the molecule is C1=CC2=CC=C(c3cccc(-c4cccc5cccnc45)c3)NC2C=C1c1ccc2ccc(-c3cccc(-c4cccc5cccnc45)c3)cc2n1. The Hall–Kier alpha value is -6.91. The monoisotopic (exact) mass is 664 g/mol. The first-order valence-electron chi connectivity index (χ1n) is 17.6. The molecule has 1 N–H and O–H groups in total. The van der Waals surface area contributed by atoms with Crippen LogP contribution in [0.15, 0.2) is 188 Å². The number of nitrogens with zero attached hydrogens (tertiary/aromatic N) is 3. The fourth-order valence-electron chi connectivity index (χ4n) is 7.50. The number of benzene rings is 5. The Morgan fingerprint density at radius 1 is 0.481 bits per heavy atom. The Bertz CT molecular complexity index is 2830. The quantitative estimate of drug-likeness (QED) is 0.199. The van der Waals surface area contributed by atoms with Gasteiger partial charge in [-0.2, -0.15) is 0 Å². The van der Waals surface area contributed by atoms with Gasteiger partial charge >= 0.3 is 0 Å². The zero-order valence-corrected chi connectivity index (χ0v) is 28.2. The van der Waals surface area contributed by atoms with Gasteiger partial charge in [-0.1, -0.05) is 121 Å². The third-order valence-corrected chi connectivity index (χ3v) is 10.2. The smallest absolute Gasteiger partial charge is 0.0780 e. The second-order valence-corrected chi connectivity index (χ2v) is 13.4. The van der Waals surface area contributed by atoms with Gasteiger partial charge in [-0.25, -0.2) is 4.98 Å². The predicted molar refractivity (Wildman–Crippen MR) is 215 cm³/mol. The second-order valence-electron chi connectivity index (χ2n) is 13.4. The van der Waals surface area contributed by atoms with E-state index in [0.717, 1.165) is 88.6 Å². The van der Waals surface area contributed by atoms with E-state index in [1.165, 1.54) is 5.57 Å². The van der Waals surface area contributed by atoms with Crippen molar-refractivity contribution < 1.29 is 0 Å². The van der Waals surface area contributed by atoms with Crippen LogP contribution >= 0.6 is 0 Å². The molecule has 0 saturated carbocycles. The summed E-state index contributed by atoms with van der Waals surface area (Å²) in [6.45, 7) is 0. The fraction of sp³-hybridized carbons (Fsp3) is 0.0208. The standard InChI is InChI=1S/C48H32N4/c1-9-35(27-37(10-1)41-15-3-7-33-13-5-25-49-47(33)41)36-19-17-31-22-24-44(52-45(31)29-36)40-20-18-32-21-23-43(51-46(32)30-40)39-12-2-11-38(28-39)42-16-4-8-34-14-6-26-50-48(34)42/h1-30,46,51H. The van der Waals surface area contributed by atoms with Crippen molar-refractivity contribution in [2.24, 2.45) is 0 Å². The van der Waals surface area contributed by atoms with Gasteiger partial charge in [-0.3, -0.25) is 9.97 Å². The molecule has 0 radical (unpaired) electrons. The molecule has 0 amide bonds. The summed E-state index contributed by atoms with van der Waals surface area (Å²) in [5.74, 6) is 0. The minimum atomic E-state index is 0.0398. The molecule has 0 saturated heterocycles. The summed E-state index contributed by atoms with van der Waals surface area (Å²) in [5, 5.41) is 7.20. The fourth-order valence-corrected chi connectivity index (χ4v) is 7.50. The lowest BCUT2D eigenvalue weighted by Crippen LogP contribution is -2.31. The van der Waals surface area contributed by atoms with Crippen LogP contribution in [0.3, 0.4) is 0 Å². The van der Waals surface area contributed by atoms with Gasteiger partial charge in [0.05, 0.1) is 28.3 Å². The van der Waals surface area contributed by atoms with Crippen molar-refractivity contribution in [3.8, 4) is 33.4 Å². The molecule has 5 aromatic carbocycles. The van der Waals surface area contributed by atoms with Gasteiger partial charge in [0.2, 0.25) is 0 Å². The van der Waals surface area contributed by atoms with E-state index < -0.39 is 0 Å². The molecule has 0 bridgehead atoms. The van der Waals surface area contributed by atoms with E-state index in [4.69, 9.17) is 9.97 Å². The topological polar surface area (TPSA) is 50.7 Å². The van der Waals surface area contributed by atoms with Crippen molar-refractivity contribution in [3.63, 3.8) is 0 Å². The first kappa shape index (κ1) is 30.0. The van der Waals surface area contributed by atoms with Crippen LogP contribution in [0.25, 0.3) is 77.4 Å². The molecule has 52 heavy (non-hydrogen) atoms. The summed E-state index contributed by atoms with van der Waals surface area (Å²) in [6.07, 6.45) is 14.8. The first-order valence-corrected chi connectivity index (χ1v) is 17.6. The average molecular weight is 665 g/mol. The van der Waals surface area contributed by atoms with Crippen LogP contribution in [0.4, 0.5) is 0 Å². The summed E-state index contributed by atoms with van der Waals surface area (Å²) in [5.41, 5.74) is 15.4. The molecular weight excluding hydrogens is 633 g/mol. The summed E-state index contributed by atoms with van der Waals surface area (Å²) in [4.78, 5) is 14.6. The molecule has 0 fully saturated rings. The molecule has 3 aromatic heterocycles. The Morgan fingerprint density at radius 3 is 1.85 bits per heavy atom. The van der Waals surface area contributed by atoms with Gasteiger partial charge in [0, 0.05) is 45.4 Å². The second kappa shape index (κ2) is 12.4. The molecular formula is C48H32N4. The lowest BCUT2D eigenvalue weighted by molar-refractivity contribution is 0.815. The lowest BCUT2D eigenvalue weighted by Gasteiger charge is -2.27. The highest BCUT2D eigenvalue weighted by molar-refractivity contribution is 5.96. The number of fused-ring (bicyclic) bond motifs is 4. The summed E-state index contributed by atoms with van der Waals surface area (Å²) >= 11 is 0. The normalized spacial score (nSPS) is 15.2. The summed E-state index contributed by atoms with van der Waals surface area (Å²) < 4.78 is 0. The average Bonchev–Trinajstić information content (AvgIpc) is 3.22. The van der Waals surface area contributed by atoms with Gasteiger partial charge in [-0.15, -0.1) is 0 Å². The van der Waals surface area contributed by atoms with Gasteiger partial charge in [0.1, 0.15) is 0 Å². The molecule has 2 aliphatic rings. The Labute approximate surface area is 301 Å². The molecule has 1 aliphatic heterocycles. The number of hydrogen-bond donors (Lipinski definition) is 1. The Kier molecular flexibility index (Phi) is 7.17. The van der Waals surface area contributed by atoms with Crippen molar-refractivity contribution >= 4 is 44.0 Å². The maximum Gasteiger partial charge on any atom is 0.0780 e. The van der Waals surface area contributed by atoms with Crippen LogP contribution in [0.5, 0.6) is 0 Å². The van der Waals surface area contributed by atoms with E-state index in [1.54, 1.807) is 0 Å². The van der Waals surface area contributed by atoms with Crippen molar-refractivity contribution in [2.45, 2.75) is 6.04 Å². The minimum Gasteiger partial charge on any atom is -0.374 e. The largest absolute Gasteiger partial charge is 0.374 e. The predicted octanol–water partition coefficient (Wildman–Crippen LogP) is 11.2. The van der Waals surface area contributed by atoms with Crippen LogP contribution < -0.4 is 5.32 Å². The highest BCUT2D eigenvalue weighted by Crippen LogP contribution is 2.34. The maximum absolute atomic E-state index is 5.19. The highest BCUT2D eigenvalue weighted by atomic mass is 14.9. The lowest BCUT2D eigenvalue weighted by atomic mass is 9.91. The van der Waals surface area contributed by atoms with E-state index in [2.05, 4.69) is 168 Å². The molecule has 0 spiro atoms. The Morgan fingerprint density at radius 2 is 1.10 bits per heavy atom. The third-order valence-electron chi connectivity index (χ3n) is 10.2. The zero-order chi connectivity index (χ0) is 34.4. The molecule has 4 nitrogen and oxygen atoms in total. The van der Waals surface area contributed by atoms with Crippen molar-refractivity contribution in [3.05, 3.63) is 199 Å². The molecule has 4 heterocycles. The Balaban J connectivity index is 0.937. The van der Waals surface area contributed by atoms with Crippen LogP contribution in [0, 0.1) is 0 Å². The number of nitrogens with one attached hydrogen (secondary N) is 1. The number of para-hydroxylation sites is 2. The minimum absolute atomic E-state index is 0.0398. The van der Waals surface area contributed by atoms with Crippen LogP contribution in [-0.4, -0.2) is 21.0 Å². The summed E-state index contributed by atoms with van der Waals surface area (Å²) in [7, 11) is 0. The number of rotatable bonds is 5. The van der Waals surface area contributed by atoms with Gasteiger partial charge in [0.15, 0.2) is 0 Å². The molecule has 10 rings (SSSR count). The summed E-state index contributed by atoms with van der Waals surface area (Å²) in [6, 6.07) is 49.2. The molecule has 244 valence electrons. The zero-order valence-electron chi connectivity index (χ0n) is 28.2. The molecule has 1 atom stereocenters. The number of allylic oxidation sites excluding steroid dienone is 4. The van der Waals surface area contributed by atoms with E-state index >= 15 is 0 Å². The van der Waals surface area contributed by atoms with Crippen molar-refractivity contribution in [1.82, 2.24) is 20.3 Å². The van der Waals surface area contributed by atoms with E-state index in [9.17, 15) is 0 Å².